The highest BCUT2D eigenvalue weighted by Gasteiger charge is 2.30. The molecule has 0 radical (unpaired) electrons. The van der Waals surface area contributed by atoms with Crippen LogP contribution < -0.4 is 10.6 Å². The first kappa shape index (κ1) is 29.6. The van der Waals surface area contributed by atoms with Crippen LogP contribution in [0.1, 0.15) is 25.0 Å². The summed E-state index contributed by atoms with van der Waals surface area (Å²) >= 11 is 0. The Bertz CT molecular complexity index is 1120. The van der Waals surface area contributed by atoms with Crippen molar-refractivity contribution >= 4 is 16.6 Å². The van der Waals surface area contributed by atoms with Crippen molar-refractivity contribution in [2.45, 2.75) is 56.3 Å². The molecule has 11 heteroatoms. The van der Waals surface area contributed by atoms with Gasteiger partial charge in [0.05, 0.1) is 43.2 Å². The van der Waals surface area contributed by atoms with E-state index in [-0.39, 0.29) is 18.2 Å². The Morgan fingerprint density at radius 3 is 2.72 bits per heavy atom. The zero-order valence-corrected chi connectivity index (χ0v) is 22.6. The molecule has 2 fully saturated rings. The number of nitrogens with zero attached hydrogens (tertiary/aromatic N) is 2. The Morgan fingerprint density at radius 1 is 1.21 bits per heavy atom. The Morgan fingerprint density at radius 2 is 2.00 bits per heavy atom. The van der Waals surface area contributed by atoms with E-state index in [9.17, 15) is 18.3 Å². The van der Waals surface area contributed by atoms with Gasteiger partial charge < -0.3 is 39.4 Å². The van der Waals surface area contributed by atoms with Gasteiger partial charge in [0.15, 0.2) is 0 Å². The van der Waals surface area contributed by atoms with Crippen LogP contribution in [0.4, 0.5) is 18.9 Å². The number of aliphatic hydroxyl groups excluding tert-OH is 1. The number of piperidine rings is 1. The Kier molecular flexibility index (Phi) is 10.5. The third-order valence-electron chi connectivity index (χ3n) is 7.33. The molecule has 1 unspecified atom stereocenters. The van der Waals surface area contributed by atoms with Gasteiger partial charge in [-0.25, -0.2) is 0 Å². The van der Waals surface area contributed by atoms with Crippen LogP contribution in [0.15, 0.2) is 24.3 Å². The van der Waals surface area contributed by atoms with E-state index in [0.717, 1.165) is 43.4 Å². The lowest BCUT2D eigenvalue weighted by molar-refractivity contribution is -0.140. The van der Waals surface area contributed by atoms with Crippen LogP contribution in [0.5, 0.6) is 0 Å². The molecule has 0 amide bonds. The monoisotopic (exact) mass is 552 g/mol. The van der Waals surface area contributed by atoms with Crippen LogP contribution in [-0.2, 0) is 20.8 Å². The van der Waals surface area contributed by atoms with Crippen LogP contribution in [0, 0.1) is 11.8 Å². The molecule has 2 aliphatic rings. The molecule has 0 saturated carbocycles. The molecule has 0 aliphatic carbocycles. The molecule has 3 atom stereocenters. The number of hydrogen-bond acceptors (Lipinski definition) is 7. The second-order valence-corrected chi connectivity index (χ2v) is 10.2. The zero-order chi connectivity index (χ0) is 27.8. The lowest BCUT2D eigenvalue weighted by Gasteiger charge is -2.34. The SMILES string of the molecule is COCC(O)CN1CCC(Nc2cccc3c2cc(C#CCN[C@@H]2CCOC[C@@H]2OC)n3CC(F)(F)F)CC1. The normalized spacial score (nSPS) is 22.0. The van der Waals surface area contributed by atoms with Gasteiger partial charge in [-0.1, -0.05) is 12.0 Å². The van der Waals surface area contributed by atoms with Crippen LogP contribution >= 0.6 is 0 Å². The number of fused-ring (bicyclic) bond motifs is 1. The van der Waals surface area contributed by atoms with E-state index < -0.39 is 18.8 Å². The van der Waals surface area contributed by atoms with Crippen LogP contribution in [-0.4, -0.2) is 105 Å². The number of anilines is 1. The number of halogens is 3. The smallest absolute Gasteiger partial charge is 0.389 e. The molecule has 3 heterocycles. The third kappa shape index (κ3) is 8.33. The van der Waals surface area contributed by atoms with Crippen molar-refractivity contribution in [3.8, 4) is 11.8 Å². The highest BCUT2D eigenvalue weighted by Crippen LogP contribution is 2.31. The van der Waals surface area contributed by atoms with Gasteiger partial charge in [-0.05, 0) is 43.4 Å². The highest BCUT2D eigenvalue weighted by molar-refractivity contribution is 5.94. The van der Waals surface area contributed by atoms with E-state index in [0.29, 0.717) is 44.1 Å². The molecule has 1 aromatic heterocycles. The van der Waals surface area contributed by atoms with Gasteiger partial charge in [-0.2, -0.15) is 13.2 Å². The van der Waals surface area contributed by atoms with Crippen molar-refractivity contribution in [1.29, 1.82) is 0 Å². The summed E-state index contributed by atoms with van der Waals surface area (Å²) in [5, 5.41) is 17.6. The fourth-order valence-electron chi connectivity index (χ4n) is 5.38. The quantitative estimate of drug-likeness (QED) is 0.391. The van der Waals surface area contributed by atoms with Gasteiger partial charge in [-0.3, -0.25) is 0 Å². The van der Waals surface area contributed by atoms with E-state index in [4.69, 9.17) is 14.2 Å². The predicted molar refractivity (Wildman–Crippen MR) is 144 cm³/mol. The van der Waals surface area contributed by atoms with Crippen molar-refractivity contribution in [1.82, 2.24) is 14.8 Å². The summed E-state index contributed by atoms with van der Waals surface area (Å²) < 4.78 is 57.8. The summed E-state index contributed by atoms with van der Waals surface area (Å²) in [6.07, 6.45) is -2.45. The molecular formula is C28H39F3N4O4. The first-order chi connectivity index (χ1) is 18.8. The number of aliphatic hydroxyl groups is 1. The molecule has 2 aliphatic heterocycles. The summed E-state index contributed by atoms with van der Waals surface area (Å²) in [4.78, 5) is 2.21. The predicted octanol–water partition coefficient (Wildman–Crippen LogP) is 2.83. The summed E-state index contributed by atoms with van der Waals surface area (Å²) in [7, 11) is 3.21. The molecule has 216 valence electrons. The fourth-order valence-corrected chi connectivity index (χ4v) is 5.38. The number of nitrogens with one attached hydrogen (secondary N) is 2. The molecule has 0 spiro atoms. The fraction of sp³-hybridized carbons (Fsp3) is 0.643. The number of aromatic nitrogens is 1. The van der Waals surface area contributed by atoms with E-state index in [1.54, 1.807) is 32.4 Å². The summed E-state index contributed by atoms with van der Waals surface area (Å²) in [5.74, 6) is 5.98. The van der Waals surface area contributed by atoms with Crippen molar-refractivity contribution in [3.63, 3.8) is 0 Å². The number of benzene rings is 1. The molecule has 8 nitrogen and oxygen atoms in total. The van der Waals surface area contributed by atoms with E-state index >= 15 is 0 Å². The van der Waals surface area contributed by atoms with Gasteiger partial charge in [0.1, 0.15) is 6.54 Å². The molecule has 3 N–H and O–H groups in total. The first-order valence-electron chi connectivity index (χ1n) is 13.4. The second kappa shape index (κ2) is 13.8. The Hall–Kier alpha value is -2.33. The maximum absolute atomic E-state index is 13.5. The molecule has 4 rings (SSSR count). The van der Waals surface area contributed by atoms with Crippen LogP contribution in [0.25, 0.3) is 10.9 Å². The van der Waals surface area contributed by atoms with Gasteiger partial charge >= 0.3 is 6.18 Å². The topological polar surface area (TPSA) is 80.2 Å². The van der Waals surface area contributed by atoms with Gasteiger partial charge in [0.2, 0.25) is 0 Å². The molecule has 0 bridgehead atoms. The van der Waals surface area contributed by atoms with Crippen molar-refractivity contribution < 1.29 is 32.5 Å². The summed E-state index contributed by atoms with van der Waals surface area (Å²) in [6.45, 7) is 2.88. The summed E-state index contributed by atoms with van der Waals surface area (Å²) in [6, 6.07) is 7.42. The minimum atomic E-state index is -4.38. The molecule has 1 aromatic carbocycles. The van der Waals surface area contributed by atoms with Crippen molar-refractivity contribution in [3.05, 3.63) is 30.0 Å². The second-order valence-electron chi connectivity index (χ2n) is 10.2. The van der Waals surface area contributed by atoms with Crippen LogP contribution in [0.2, 0.25) is 0 Å². The minimum Gasteiger partial charge on any atom is -0.389 e. The van der Waals surface area contributed by atoms with Gasteiger partial charge in [0.25, 0.3) is 0 Å². The maximum atomic E-state index is 13.5. The summed E-state index contributed by atoms with van der Waals surface area (Å²) in [5.41, 5.74) is 1.63. The first-order valence-corrected chi connectivity index (χ1v) is 13.4. The molecule has 2 aromatic rings. The number of likely N-dealkylation sites (tertiary alicyclic amines) is 1. The number of alkyl halides is 3. The number of hydrogen-bond donors (Lipinski definition) is 3. The number of methoxy groups -OCH3 is 2. The third-order valence-corrected chi connectivity index (χ3v) is 7.33. The zero-order valence-electron chi connectivity index (χ0n) is 22.6. The Labute approximate surface area is 227 Å². The molecular weight excluding hydrogens is 513 g/mol. The van der Waals surface area contributed by atoms with Crippen LogP contribution in [0.3, 0.4) is 0 Å². The molecule has 2 saturated heterocycles. The number of rotatable bonds is 10. The van der Waals surface area contributed by atoms with Crippen molar-refractivity contribution in [2.24, 2.45) is 0 Å². The standard InChI is InChI=1S/C28H39F3N4O4/c1-37-17-22(36)16-34-12-8-20(9-13-34)33-24-6-3-7-26-23(24)15-21(35(26)19-28(29,30)31)5-4-11-32-25-10-14-39-18-27(25)38-2/h3,6-7,15,20,22,25,27,32-33,36H,8-14,16-19H2,1-2H3/t22?,25-,27+/m1/s1. The lowest BCUT2D eigenvalue weighted by Crippen LogP contribution is -2.47. The molecule has 39 heavy (non-hydrogen) atoms. The minimum absolute atomic E-state index is 0.0758. The Balaban J connectivity index is 1.47. The van der Waals surface area contributed by atoms with Gasteiger partial charge in [-0.15, -0.1) is 0 Å². The number of ether oxygens (including phenoxy) is 3. The highest BCUT2D eigenvalue weighted by atomic mass is 19.4. The largest absolute Gasteiger partial charge is 0.406 e. The van der Waals surface area contributed by atoms with Gasteiger partial charge in [0, 0.05) is 63.6 Å². The van der Waals surface area contributed by atoms with E-state index in [1.807, 2.05) is 6.07 Å². The van der Waals surface area contributed by atoms with E-state index in [1.165, 1.54) is 4.57 Å². The lowest BCUT2D eigenvalue weighted by atomic mass is 10.0. The van der Waals surface area contributed by atoms with E-state index in [2.05, 4.69) is 27.4 Å². The number of β-amino-alcohol motifs (C(OH)–C–C–N with tert-alkyl or cyclic N) is 1. The average molecular weight is 553 g/mol. The average Bonchev–Trinajstić information content (AvgIpc) is 3.24. The van der Waals surface area contributed by atoms with Crippen molar-refractivity contribution in [2.75, 3.05) is 65.5 Å². The maximum Gasteiger partial charge on any atom is 0.406 e.